The summed E-state index contributed by atoms with van der Waals surface area (Å²) in [6.45, 7) is 0. The van der Waals surface area contributed by atoms with Gasteiger partial charge in [0, 0.05) is 33.2 Å². The number of fused-ring (bicyclic) bond motifs is 8. The summed E-state index contributed by atoms with van der Waals surface area (Å²) in [6, 6.07) is 39.7. The Morgan fingerprint density at radius 2 is 1.28 bits per heavy atom. The molecular weight excluding hydrogens is 436 g/mol. The van der Waals surface area contributed by atoms with E-state index in [-0.39, 0.29) is 0 Å². The minimum absolute atomic E-state index is 1.07. The third-order valence-corrected chi connectivity index (χ3v) is 7.75. The van der Waals surface area contributed by atoms with E-state index < -0.39 is 0 Å². The van der Waals surface area contributed by atoms with Gasteiger partial charge in [-0.25, -0.2) is 0 Å². The fraction of sp³-hybridized carbons (Fsp3) is 0.0588. The summed E-state index contributed by atoms with van der Waals surface area (Å²) in [6.07, 6.45) is 6.79. The van der Waals surface area contributed by atoms with Crippen LogP contribution in [0.1, 0.15) is 17.7 Å². The van der Waals surface area contributed by atoms with E-state index in [2.05, 4.69) is 130 Å². The molecular formula is C34H24N2. The van der Waals surface area contributed by atoms with Gasteiger partial charge in [-0.05, 0) is 77.7 Å². The number of allylic oxidation sites excluding steroid dienone is 1. The molecule has 0 aliphatic heterocycles. The monoisotopic (exact) mass is 460 g/mol. The maximum atomic E-state index is 2.45. The van der Waals surface area contributed by atoms with E-state index in [1.54, 1.807) is 0 Å². The Balaban J connectivity index is 1.54. The lowest BCUT2D eigenvalue weighted by atomic mass is 9.98. The average molecular weight is 461 g/mol. The largest absolute Gasteiger partial charge is 0.310 e. The molecule has 2 heterocycles. The highest BCUT2D eigenvalue weighted by Crippen LogP contribution is 2.43. The second kappa shape index (κ2) is 7.47. The van der Waals surface area contributed by atoms with Crippen LogP contribution < -0.4 is 0 Å². The Hall–Kier alpha value is -4.56. The third-order valence-electron chi connectivity index (χ3n) is 7.75. The minimum atomic E-state index is 1.07. The summed E-state index contributed by atoms with van der Waals surface area (Å²) in [7, 11) is 0. The van der Waals surface area contributed by atoms with E-state index in [1.165, 1.54) is 66.1 Å². The van der Waals surface area contributed by atoms with Crippen LogP contribution in [0.4, 0.5) is 0 Å². The summed E-state index contributed by atoms with van der Waals surface area (Å²) >= 11 is 0. The molecule has 0 amide bonds. The van der Waals surface area contributed by atoms with E-state index in [0.717, 1.165) is 12.8 Å². The van der Waals surface area contributed by atoms with E-state index in [4.69, 9.17) is 0 Å². The average Bonchev–Trinajstić information content (AvgIpc) is 3.46. The maximum Gasteiger partial charge on any atom is 0.0548 e. The number of hydrogen-bond acceptors (Lipinski definition) is 0. The predicted molar refractivity (Wildman–Crippen MR) is 152 cm³/mol. The van der Waals surface area contributed by atoms with Crippen molar-refractivity contribution >= 4 is 49.6 Å². The van der Waals surface area contributed by atoms with Crippen LogP contribution in [-0.4, -0.2) is 9.13 Å². The second-order valence-corrected chi connectivity index (χ2v) is 9.71. The molecule has 0 spiro atoms. The predicted octanol–water partition coefficient (Wildman–Crippen LogP) is 8.84. The molecule has 0 fully saturated rings. The Labute approximate surface area is 209 Å². The molecule has 36 heavy (non-hydrogen) atoms. The molecule has 0 unspecified atom stereocenters. The molecule has 8 rings (SSSR count). The summed E-state index contributed by atoms with van der Waals surface area (Å²) in [4.78, 5) is 0. The number of rotatable bonds is 2. The van der Waals surface area contributed by atoms with Gasteiger partial charge in [-0.2, -0.15) is 0 Å². The van der Waals surface area contributed by atoms with Gasteiger partial charge in [-0.1, -0.05) is 72.8 Å². The van der Waals surface area contributed by atoms with Crippen molar-refractivity contribution in [2.24, 2.45) is 0 Å². The Morgan fingerprint density at radius 1 is 0.528 bits per heavy atom. The standard InChI is InChI=1S/C34H24N2/c1-2-12-25(13-3-1)35-29-16-8-6-14-27(29)33-31(35)20-21-32-34(33)28-15-7-9-17-30(28)36(32)26-19-18-23-10-4-5-11-24(23)22-26/h1-5,7-13,15-22H,6,14H2. The van der Waals surface area contributed by atoms with Crippen molar-refractivity contribution in [2.75, 3.05) is 0 Å². The van der Waals surface area contributed by atoms with Crippen molar-refractivity contribution in [3.05, 3.63) is 127 Å². The number of para-hydroxylation sites is 2. The van der Waals surface area contributed by atoms with Crippen molar-refractivity contribution in [1.82, 2.24) is 9.13 Å². The maximum absolute atomic E-state index is 2.45. The Morgan fingerprint density at radius 3 is 2.17 bits per heavy atom. The highest BCUT2D eigenvalue weighted by molar-refractivity contribution is 6.22. The molecule has 0 saturated heterocycles. The molecule has 5 aromatic carbocycles. The quantitative estimate of drug-likeness (QED) is 0.244. The van der Waals surface area contributed by atoms with Crippen LogP contribution in [0.3, 0.4) is 0 Å². The summed E-state index contributed by atoms with van der Waals surface area (Å²) < 4.78 is 4.89. The molecule has 7 aromatic rings. The van der Waals surface area contributed by atoms with Crippen molar-refractivity contribution in [3.8, 4) is 11.4 Å². The molecule has 0 atom stereocenters. The van der Waals surface area contributed by atoms with Crippen LogP contribution >= 0.6 is 0 Å². The zero-order valence-corrected chi connectivity index (χ0v) is 19.9. The van der Waals surface area contributed by atoms with Gasteiger partial charge < -0.3 is 9.13 Å². The first-order valence-corrected chi connectivity index (χ1v) is 12.7. The third kappa shape index (κ3) is 2.67. The van der Waals surface area contributed by atoms with Crippen molar-refractivity contribution in [3.63, 3.8) is 0 Å². The second-order valence-electron chi connectivity index (χ2n) is 9.71. The van der Waals surface area contributed by atoms with Crippen molar-refractivity contribution in [2.45, 2.75) is 12.8 Å². The first kappa shape index (κ1) is 19.7. The van der Waals surface area contributed by atoms with Crippen molar-refractivity contribution in [1.29, 1.82) is 0 Å². The van der Waals surface area contributed by atoms with Crippen LogP contribution in [0.25, 0.3) is 60.9 Å². The van der Waals surface area contributed by atoms with E-state index in [0.29, 0.717) is 0 Å². The molecule has 0 bridgehead atoms. The van der Waals surface area contributed by atoms with Crippen LogP contribution in [0.2, 0.25) is 0 Å². The fourth-order valence-corrected chi connectivity index (χ4v) is 6.23. The van der Waals surface area contributed by atoms with Gasteiger partial charge in [0.15, 0.2) is 0 Å². The molecule has 2 nitrogen and oxygen atoms in total. The molecule has 0 saturated carbocycles. The van der Waals surface area contributed by atoms with Gasteiger partial charge in [0.2, 0.25) is 0 Å². The fourth-order valence-electron chi connectivity index (χ4n) is 6.23. The molecule has 2 aromatic heterocycles. The van der Waals surface area contributed by atoms with Gasteiger partial charge in [-0.3, -0.25) is 0 Å². The van der Waals surface area contributed by atoms with Gasteiger partial charge in [-0.15, -0.1) is 0 Å². The number of nitrogens with zero attached hydrogens (tertiary/aromatic N) is 2. The van der Waals surface area contributed by atoms with Crippen molar-refractivity contribution < 1.29 is 0 Å². The first-order valence-electron chi connectivity index (χ1n) is 12.7. The summed E-state index contributed by atoms with van der Waals surface area (Å²) in [5, 5.41) is 6.60. The molecule has 170 valence electrons. The lowest BCUT2D eigenvalue weighted by Gasteiger charge is -2.11. The summed E-state index contributed by atoms with van der Waals surface area (Å²) in [5.41, 5.74) is 9.00. The molecule has 1 aliphatic rings. The molecule has 0 radical (unpaired) electrons. The normalized spacial score (nSPS) is 13.2. The van der Waals surface area contributed by atoms with Crippen LogP contribution in [0.15, 0.2) is 115 Å². The zero-order chi connectivity index (χ0) is 23.6. The highest BCUT2D eigenvalue weighted by Gasteiger charge is 2.23. The Bertz CT molecular complexity index is 1980. The van der Waals surface area contributed by atoms with E-state index in [1.807, 2.05) is 0 Å². The lowest BCUT2D eigenvalue weighted by Crippen LogP contribution is -1.99. The SMILES string of the molecule is C1=Cc2c(c3c4c5ccccc5n(-c5ccc6ccccc6c5)c4ccc3n2-c2ccccc2)CC1. The first-order chi connectivity index (χ1) is 17.9. The number of aromatic nitrogens is 2. The number of aryl methyl sites for hydroxylation is 1. The summed E-state index contributed by atoms with van der Waals surface area (Å²) in [5.74, 6) is 0. The highest BCUT2D eigenvalue weighted by atomic mass is 15.0. The topological polar surface area (TPSA) is 9.86 Å². The van der Waals surface area contributed by atoms with E-state index >= 15 is 0 Å². The van der Waals surface area contributed by atoms with Gasteiger partial charge in [0.1, 0.15) is 0 Å². The van der Waals surface area contributed by atoms with Crippen LogP contribution in [0.5, 0.6) is 0 Å². The molecule has 0 N–H and O–H groups in total. The van der Waals surface area contributed by atoms with Crippen LogP contribution in [-0.2, 0) is 6.42 Å². The van der Waals surface area contributed by atoms with Gasteiger partial charge in [0.05, 0.1) is 16.6 Å². The minimum Gasteiger partial charge on any atom is -0.310 e. The van der Waals surface area contributed by atoms with E-state index in [9.17, 15) is 0 Å². The smallest absolute Gasteiger partial charge is 0.0548 e. The molecule has 1 aliphatic carbocycles. The number of benzene rings is 5. The lowest BCUT2D eigenvalue weighted by molar-refractivity contribution is 0.968. The van der Waals surface area contributed by atoms with Crippen LogP contribution in [0, 0.1) is 0 Å². The zero-order valence-electron chi connectivity index (χ0n) is 19.9. The van der Waals surface area contributed by atoms with Gasteiger partial charge >= 0.3 is 0 Å². The van der Waals surface area contributed by atoms with Gasteiger partial charge in [0.25, 0.3) is 0 Å². The Kier molecular flexibility index (Phi) is 4.09. The molecule has 2 heteroatoms. The number of hydrogen-bond donors (Lipinski definition) is 0.